The lowest BCUT2D eigenvalue weighted by molar-refractivity contribution is 0.0810. The molecule has 1 saturated heterocycles. The van der Waals surface area contributed by atoms with Crippen molar-refractivity contribution in [3.05, 3.63) is 29.8 Å². The SMILES string of the molecule is CC1CC(C)C(C)N(CCc2cccc(N)c2)C1. The number of nitrogen functional groups attached to an aromatic ring is 1. The van der Waals surface area contributed by atoms with Crippen molar-refractivity contribution >= 4 is 5.69 Å². The molecule has 1 aliphatic heterocycles. The van der Waals surface area contributed by atoms with Crippen molar-refractivity contribution in [1.29, 1.82) is 0 Å². The number of hydrogen-bond donors (Lipinski definition) is 1. The second kappa shape index (κ2) is 5.75. The number of likely N-dealkylation sites (tertiary alicyclic amines) is 1. The quantitative estimate of drug-likeness (QED) is 0.830. The molecule has 2 N–H and O–H groups in total. The molecule has 0 aliphatic carbocycles. The third kappa shape index (κ3) is 3.26. The van der Waals surface area contributed by atoms with Crippen molar-refractivity contribution in [2.45, 2.75) is 39.7 Å². The molecule has 0 saturated carbocycles. The molecule has 100 valence electrons. The van der Waals surface area contributed by atoms with Crippen LogP contribution in [0, 0.1) is 11.8 Å². The van der Waals surface area contributed by atoms with Gasteiger partial charge in [-0.05, 0) is 49.3 Å². The van der Waals surface area contributed by atoms with Crippen LogP contribution in [0.1, 0.15) is 32.8 Å². The molecule has 1 fully saturated rings. The maximum atomic E-state index is 5.83. The molecular formula is C16H26N2. The highest BCUT2D eigenvalue weighted by Crippen LogP contribution is 2.26. The molecule has 1 aliphatic rings. The second-order valence-electron chi connectivity index (χ2n) is 6.05. The van der Waals surface area contributed by atoms with Crippen LogP contribution in [0.2, 0.25) is 0 Å². The fourth-order valence-corrected chi connectivity index (χ4v) is 3.15. The Kier molecular flexibility index (Phi) is 4.28. The Bertz CT molecular complexity index is 388. The molecule has 0 radical (unpaired) electrons. The first kappa shape index (κ1) is 13.4. The average molecular weight is 246 g/mol. The van der Waals surface area contributed by atoms with Gasteiger partial charge in [-0.3, -0.25) is 4.90 Å². The zero-order valence-corrected chi connectivity index (χ0v) is 11.9. The molecule has 0 amide bonds. The summed E-state index contributed by atoms with van der Waals surface area (Å²) in [5.74, 6) is 1.65. The summed E-state index contributed by atoms with van der Waals surface area (Å²) in [4.78, 5) is 2.64. The van der Waals surface area contributed by atoms with E-state index in [1.54, 1.807) is 0 Å². The highest BCUT2D eigenvalue weighted by Gasteiger charge is 2.28. The third-order valence-corrected chi connectivity index (χ3v) is 4.36. The number of hydrogen-bond acceptors (Lipinski definition) is 2. The minimum absolute atomic E-state index is 0.710. The second-order valence-corrected chi connectivity index (χ2v) is 6.05. The van der Waals surface area contributed by atoms with Crippen LogP contribution in [0.25, 0.3) is 0 Å². The van der Waals surface area contributed by atoms with Gasteiger partial charge in [0.15, 0.2) is 0 Å². The molecule has 0 spiro atoms. The van der Waals surface area contributed by atoms with E-state index in [9.17, 15) is 0 Å². The van der Waals surface area contributed by atoms with E-state index in [0.29, 0.717) is 6.04 Å². The zero-order chi connectivity index (χ0) is 13.1. The number of piperidine rings is 1. The van der Waals surface area contributed by atoms with Gasteiger partial charge >= 0.3 is 0 Å². The Balaban J connectivity index is 1.93. The maximum Gasteiger partial charge on any atom is 0.0316 e. The van der Waals surface area contributed by atoms with E-state index in [-0.39, 0.29) is 0 Å². The van der Waals surface area contributed by atoms with Gasteiger partial charge in [0.05, 0.1) is 0 Å². The maximum absolute atomic E-state index is 5.83. The first-order chi connectivity index (χ1) is 8.56. The van der Waals surface area contributed by atoms with Gasteiger partial charge < -0.3 is 5.73 Å². The fourth-order valence-electron chi connectivity index (χ4n) is 3.15. The van der Waals surface area contributed by atoms with Crippen molar-refractivity contribution in [3.8, 4) is 0 Å². The fraction of sp³-hybridized carbons (Fsp3) is 0.625. The molecule has 1 aromatic carbocycles. The van der Waals surface area contributed by atoms with Gasteiger partial charge in [0.2, 0.25) is 0 Å². The number of nitrogens with two attached hydrogens (primary N) is 1. The highest BCUT2D eigenvalue weighted by molar-refractivity contribution is 5.40. The Labute approximate surface area is 111 Å². The molecule has 1 aromatic rings. The summed E-state index contributed by atoms with van der Waals surface area (Å²) in [7, 11) is 0. The van der Waals surface area contributed by atoms with Gasteiger partial charge in [0.1, 0.15) is 0 Å². The van der Waals surface area contributed by atoms with Crippen molar-refractivity contribution in [1.82, 2.24) is 4.90 Å². The lowest BCUT2D eigenvalue weighted by Gasteiger charge is -2.41. The van der Waals surface area contributed by atoms with Crippen LogP contribution in [0.5, 0.6) is 0 Å². The van der Waals surface area contributed by atoms with E-state index in [1.807, 2.05) is 6.07 Å². The molecule has 1 heterocycles. The molecule has 3 unspecified atom stereocenters. The Morgan fingerprint density at radius 3 is 2.78 bits per heavy atom. The summed E-state index contributed by atoms with van der Waals surface area (Å²) in [5.41, 5.74) is 8.06. The van der Waals surface area contributed by atoms with Crippen LogP contribution in [0.3, 0.4) is 0 Å². The van der Waals surface area contributed by atoms with Crippen molar-refractivity contribution < 1.29 is 0 Å². The zero-order valence-electron chi connectivity index (χ0n) is 11.9. The minimum Gasteiger partial charge on any atom is -0.399 e. The van der Waals surface area contributed by atoms with Crippen molar-refractivity contribution in [2.24, 2.45) is 11.8 Å². The van der Waals surface area contributed by atoms with E-state index in [0.717, 1.165) is 30.5 Å². The lowest BCUT2D eigenvalue weighted by atomic mass is 9.86. The minimum atomic E-state index is 0.710. The number of rotatable bonds is 3. The van der Waals surface area contributed by atoms with E-state index in [2.05, 4.69) is 43.9 Å². The van der Waals surface area contributed by atoms with Gasteiger partial charge in [0.25, 0.3) is 0 Å². The number of anilines is 1. The molecule has 2 heteroatoms. The first-order valence-electron chi connectivity index (χ1n) is 7.14. The average Bonchev–Trinajstić information content (AvgIpc) is 2.32. The van der Waals surface area contributed by atoms with Gasteiger partial charge in [-0.15, -0.1) is 0 Å². The first-order valence-corrected chi connectivity index (χ1v) is 7.14. The van der Waals surface area contributed by atoms with Crippen LogP contribution in [0.4, 0.5) is 5.69 Å². The molecule has 2 rings (SSSR count). The van der Waals surface area contributed by atoms with Crippen molar-refractivity contribution in [2.75, 3.05) is 18.8 Å². The molecule has 2 nitrogen and oxygen atoms in total. The highest BCUT2D eigenvalue weighted by atomic mass is 15.2. The predicted octanol–water partition coefficient (Wildman–Crippen LogP) is 3.18. The molecular weight excluding hydrogens is 220 g/mol. The Morgan fingerprint density at radius 2 is 2.06 bits per heavy atom. The van der Waals surface area contributed by atoms with Crippen LogP contribution >= 0.6 is 0 Å². The molecule has 18 heavy (non-hydrogen) atoms. The summed E-state index contributed by atoms with van der Waals surface area (Å²) in [6, 6.07) is 8.99. The van der Waals surface area contributed by atoms with Gasteiger partial charge in [0, 0.05) is 24.8 Å². The molecule has 0 bridgehead atoms. The summed E-state index contributed by atoms with van der Waals surface area (Å²) in [6.45, 7) is 9.52. The van der Waals surface area contributed by atoms with E-state index in [4.69, 9.17) is 5.73 Å². The van der Waals surface area contributed by atoms with Gasteiger partial charge in [-0.25, -0.2) is 0 Å². The third-order valence-electron chi connectivity index (χ3n) is 4.36. The van der Waals surface area contributed by atoms with Crippen LogP contribution in [-0.4, -0.2) is 24.0 Å². The summed E-state index contributed by atoms with van der Waals surface area (Å²) >= 11 is 0. The Hall–Kier alpha value is -1.02. The van der Waals surface area contributed by atoms with Crippen LogP contribution < -0.4 is 5.73 Å². The molecule has 0 aromatic heterocycles. The van der Waals surface area contributed by atoms with Crippen molar-refractivity contribution in [3.63, 3.8) is 0 Å². The largest absolute Gasteiger partial charge is 0.399 e. The topological polar surface area (TPSA) is 29.3 Å². The molecule has 3 atom stereocenters. The van der Waals surface area contributed by atoms with E-state index < -0.39 is 0 Å². The Morgan fingerprint density at radius 1 is 1.28 bits per heavy atom. The lowest BCUT2D eigenvalue weighted by Crippen LogP contribution is -2.46. The van der Waals surface area contributed by atoms with E-state index >= 15 is 0 Å². The van der Waals surface area contributed by atoms with Crippen LogP contribution in [0.15, 0.2) is 24.3 Å². The van der Waals surface area contributed by atoms with E-state index in [1.165, 1.54) is 18.5 Å². The van der Waals surface area contributed by atoms with Crippen LogP contribution in [-0.2, 0) is 6.42 Å². The predicted molar refractivity (Wildman–Crippen MR) is 78.5 cm³/mol. The summed E-state index contributed by atoms with van der Waals surface area (Å²) in [5, 5.41) is 0. The normalized spacial score (nSPS) is 29.4. The summed E-state index contributed by atoms with van der Waals surface area (Å²) in [6.07, 6.45) is 2.48. The standard InChI is InChI=1S/C16H26N2/c1-12-9-13(2)14(3)18(11-12)8-7-15-5-4-6-16(17)10-15/h4-6,10,12-14H,7-9,11,17H2,1-3H3. The number of benzene rings is 1. The summed E-state index contributed by atoms with van der Waals surface area (Å²) < 4.78 is 0. The van der Waals surface area contributed by atoms with Gasteiger partial charge in [-0.1, -0.05) is 26.0 Å². The number of nitrogens with zero attached hydrogens (tertiary/aromatic N) is 1. The monoisotopic (exact) mass is 246 g/mol. The smallest absolute Gasteiger partial charge is 0.0316 e. The van der Waals surface area contributed by atoms with Gasteiger partial charge in [-0.2, -0.15) is 0 Å².